The maximum atomic E-state index is 9.28. The second-order valence-corrected chi connectivity index (χ2v) is 1.84. The molecule has 0 amide bonds. The predicted octanol–water partition coefficient (Wildman–Crippen LogP) is -7.01. The number of aliphatic carboxylic acids is 4. The van der Waals surface area contributed by atoms with Crippen molar-refractivity contribution in [2.45, 2.75) is 12.8 Å². The molecule has 0 saturated carbocycles. The first-order valence-electron chi connectivity index (χ1n) is 3.05. The van der Waals surface area contributed by atoms with E-state index < -0.39 is 36.7 Å². The van der Waals surface area contributed by atoms with Crippen molar-refractivity contribution in [1.29, 1.82) is 0 Å². The molecule has 0 heterocycles. The van der Waals surface area contributed by atoms with Gasteiger partial charge in [0.25, 0.3) is 0 Å². The SMILES string of the molecule is O=C([O-])CC(=O)[O-].O=C([O-])CC(=O)[O-].[Mg+2].[Mg+2]. The molecule has 0 radical (unpaired) electrons. The van der Waals surface area contributed by atoms with E-state index in [1.165, 1.54) is 0 Å². The third-order valence-corrected chi connectivity index (χ3v) is 0.577. The fourth-order valence-electron chi connectivity index (χ4n) is 0.236. The number of hydrogen-bond acceptors (Lipinski definition) is 8. The zero-order valence-electron chi connectivity index (χ0n) is 8.09. The van der Waals surface area contributed by atoms with Crippen LogP contribution >= 0.6 is 0 Å². The molecule has 10 heteroatoms. The van der Waals surface area contributed by atoms with Crippen molar-refractivity contribution >= 4 is 70.0 Å². The van der Waals surface area contributed by atoms with Crippen LogP contribution in [0.15, 0.2) is 0 Å². The van der Waals surface area contributed by atoms with Crippen LogP contribution < -0.4 is 20.4 Å². The van der Waals surface area contributed by atoms with Crippen molar-refractivity contribution in [1.82, 2.24) is 0 Å². The third-order valence-electron chi connectivity index (χ3n) is 0.577. The molecule has 0 aromatic heterocycles. The zero-order valence-corrected chi connectivity index (χ0v) is 10.9. The summed E-state index contributed by atoms with van der Waals surface area (Å²) in [5.41, 5.74) is 0. The normalized spacial score (nSPS) is 7.00. The summed E-state index contributed by atoms with van der Waals surface area (Å²) in [5.74, 6) is -6.50. The van der Waals surface area contributed by atoms with E-state index in [4.69, 9.17) is 0 Å². The van der Waals surface area contributed by atoms with Crippen LogP contribution in [0.1, 0.15) is 12.8 Å². The fourth-order valence-corrected chi connectivity index (χ4v) is 0.236. The summed E-state index contributed by atoms with van der Waals surface area (Å²) >= 11 is 0. The maximum absolute atomic E-state index is 9.28. The quantitative estimate of drug-likeness (QED) is 0.352. The van der Waals surface area contributed by atoms with Gasteiger partial charge in [-0.2, -0.15) is 0 Å². The van der Waals surface area contributed by atoms with E-state index in [1.54, 1.807) is 0 Å². The standard InChI is InChI=1S/2C3H4O4.2Mg/c2*4-2(5)1-3(6)7;;/h2*1H2,(H,4,5)(H,6,7);;/q;;2*+2/p-4. The number of rotatable bonds is 4. The van der Waals surface area contributed by atoms with Gasteiger partial charge in [0, 0.05) is 36.7 Å². The molecule has 80 valence electrons. The third kappa shape index (κ3) is 37.6. The van der Waals surface area contributed by atoms with Gasteiger partial charge in [0.15, 0.2) is 0 Å². The molecule has 0 aromatic rings. The van der Waals surface area contributed by atoms with Crippen LogP contribution in [0.3, 0.4) is 0 Å². The molecule has 0 fully saturated rings. The van der Waals surface area contributed by atoms with Crippen LogP contribution in [0.5, 0.6) is 0 Å². The molecular formula is C6H4Mg2O8. The average molecular weight is 253 g/mol. The Hall–Kier alpha value is -0.588. The molecular weight excluding hydrogens is 249 g/mol. The van der Waals surface area contributed by atoms with Gasteiger partial charge in [-0.3, -0.25) is 0 Å². The van der Waals surface area contributed by atoms with Crippen molar-refractivity contribution in [2.24, 2.45) is 0 Å². The maximum Gasteiger partial charge on any atom is 2.00 e. The molecule has 0 aromatic carbocycles. The van der Waals surface area contributed by atoms with Crippen molar-refractivity contribution in [3.8, 4) is 0 Å². The van der Waals surface area contributed by atoms with Crippen LogP contribution in [0.25, 0.3) is 0 Å². The van der Waals surface area contributed by atoms with Gasteiger partial charge < -0.3 is 39.6 Å². The molecule has 8 nitrogen and oxygen atoms in total. The number of carbonyl (C=O) groups excluding carboxylic acids is 4. The van der Waals surface area contributed by atoms with E-state index in [-0.39, 0.29) is 46.1 Å². The van der Waals surface area contributed by atoms with E-state index in [1.807, 2.05) is 0 Å². The van der Waals surface area contributed by atoms with E-state index in [9.17, 15) is 39.6 Å². The molecule has 0 atom stereocenters. The largest absolute Gasteiger partial charge is 2.00 e. The zero-order chi connectivity index (χ0) is 11.7. The molecule has 0 rings (SSSR count). The first kappa shape index (κ1) is 24.6. The molecule has 0 aliphatic rings. The van der Waals surface area contributed by atoms with Crippen molar-refractivity contribution in [2.75, 3.05) is 0 Å². The minimum Gasteiger partial charge on any atom is -0.550 e. The first-order valence-corrected chi connectivity index (χ1v) is 3.05. The summed E-state index contributed by atoms with van der Waals surface area (Å²) in [6.45, 7) is 0. The summed E-state index contributed by atoms with van der Waals surface area (Å²) in [4.78, 5) is 37.1. The summed E-state index contributed by atoms with van der Waals surface area (Å²) in [5, 5.41) is 37.1. The average Bonchev–Trinajstić information content (AvgIpc) is 1.79. The number of hydrogen-bond donors (Lipinski definition) is 0. The second-order valence-electron chi connectivity index (χ2n) is 1.84. The van der Waals surface area contributed by atoms with E-state index in [0.717, 1.165) is 0 Å². The van der Waals surface area contributed by atoms with Gasteiger partial charge >= 0.3 is 46.1 Å². The summed E-state index contributed by atoms with van der Waals surface area (Å²) in [6.07, 6.45) is -2.06. The second kappa shape index (κ2) is 14.4. The molecule has 16 heavy (non-hydrogen) atoms. The molecule has 0 unspecified atom stereocenters. The topological polar surface area (TPSA) is 161 Å². The van der Waals surface area contributed by atoms with Gasteiger partial charge in [0.05, 0.1) is 0 Å². The predicted molar refractivity (Wildman–Crippen MR) is 40.8 cm³/mol. The Labute approximate surface area is 122 Å². The molecule has 0 N–H and O–H groups in total. The Morgan fingerprint density at radius 1 is 0.562 bits per heavy atom. The van der Waals surface area contributed by atoms with Crippen molar-refractivity contribution in [3.05, 3.63) is 0 Å². The Balaban J connectivity index is -0.0000000800. The molecule has 0 spiro atoms. The Bertz CT molecular complexity index is 201. The van der Waals surface area contributed by atoms with Gasteiger partial charge in [0.1, 0.15) is 0 Å². The van der Waals surface area contributed by atoms with Crippen LogP contribution in [-0.2, 0) is 19.2 Å². The minimum atomic E-state index is -1.63. The van der Waals surface area contributed by atoms with E-state index in [0.29, 0.717) is 0 Å². The Morgan fingerprint density at radius 2 is 0.688 bits per heavy atom. The summed E-state index contributed by atoms with van der Waals surface area (Å²) in [7, 11) is 0. The fraction of sp³-hybridized carbons (Fsp3) is 0.333. The van der Waals surface area contributed by atoms with Crippen LogP contribution in [0.2, 0.25) is 0 Å². The number of carboxylic acids is 4. The smallest absolute Gasteiger partial charge is 0.550 e. The molecule has 0 aliphatic heterocycles. The van der Waals surface area contributed by atoms with Crippen LogP contribution in [-0.4, -0.2) is 70.0 Å². The molecule has 0 saturated heterocycles. The van der Waals surface area contributed by atoms with E-state index >= 15 is 0 Å². The van der Waals surface area contributed by atoms with Crippen LogP contribution in [0, 0.1) is 0 Å². The first-order chi connectivity index (χ1) is 6.25. The van der Waals surface area contributed by atoms with Gasteiger partial charge in [-0.15, -0.1) is 0 Å². The van der Waals surface area contributed by atoms with Gasteiger partial charge in [-0.25, -0.2) is 0 Å². The van der Waals surface area contributed by atoms with Gasteiger partial charge in [-0.05, 0) is 0 Å². The number of carboxylic acid groups (broad SMARTS) is 4. The Kier molecular flexibility index (Phi) is 22.1. The number of carbonyl (C=O) groups is 4. The van der Waals surface area contributed by atoms with Crippen molar-refractivity contribution in [3.63, 3.8) is 0 Å². The minimum absolute atomic E-state index is 0. The monoisotopic (exact) mass is 252 g/mol. The Morgan fingerprint density at radius 3 is 0.688 bits per heavy atom. The van der Waals surface area contributed by atoms with Crippen molar-refractivity contribution < 1.29 is 39.6 Å². The summed E-state index contributed by atoms with van der Waals surface area (Å²) in [6, 6.07) is 0. The van der Waals surface area contributed by atoms with Gasteiger partial charge in [-0.1, -0.05) is 0 Å². The molecule has 0 bridgehead atoms. The van der Waals surface area contributed by atoms with E-state index in [2.05, 4.69) is 0 Å². The summed E-state index contributed by atoms with van der Waals surface area (Å²) < 4.78 is 0. The molecule has 0 aliphatic carbocycles. The van der Waals surface area contributed by atoms with Gasteiger partial charge in [0.2, 0.25) is 0 Å². The van der Waals surface area contributed by atoms with Crippen LogP contribution in [0.4, 0.5) is 0 Å².